The third-order valence-electron chi connectivity index (χ3n) is 3.22. The van der Waals surface area contributed by atoms with E-state index < -0.39 is 0 Å². The molecule has 0 aliphatic rings. The number of halogens is 4. The Hall–Kier alpha value is -1.16. The molecule has 21 heavy (non-hydrogen) atoms. The largest absolute Gasteiger partial charge is 0.310 e. The number of benzene rings is 2. The molecule has 1 unspecified atom stereocenters. The first kappa shape index (κ1) is 16.2. The van der Waals surface area contributed by atoms with Crippen molar-refractivity contribution < 1.29 is 8.78 Å². The van der Waals surface area contributed by atoms with Crippen LogP contribution < -0.4 is 5.32 Å². The van der Waals surface area contributed by atoms with Crippen LogP contribution in [0.1, 0.15) is 24.1 Å². The van der Waals surface area contributed by atoms with Gasteiger partial charge in [0.25, 0.3) is 0 Å². The molecule has 0 saturated carbocycles. The molecule has 1 N–H and O–H groups in total. The number of rotatable bonds is 5. The highest BCUT2D eigenvalue weighted by Gasteiger charge is 2.17. The standard InChI is InChI=1S/C16H15Cl2F2N/c1-2-21-16(13-5-3-12(20)9-15(13)18)8-10-7-11(19)4-6-14(10)17/h3-7,9,16,21H,2,8H2,1H3. The fourth-order valence-electron chi connectivity index (χ4n) is 2.24. The van der Waals surface area contributed by atoms with Crippen LogP contribution in [0.3, 0.4) is 0 Å². The summed E-state index contributed by atoms with van der Waals surface area (Å²) in [5.41, 5.74) is 1.45. The van der Waals surface area contributed by atoms with Crippen LogP contribution >= 0.6 is 23.2 Å². The van der Waals surface area contributed by atoms with E-state index >= 15 is 0 Å². The Bertz CT molecular complexity index is 632. The minimum absolute atomic E-state index is 0.164. The van der Waals surface area contributed by atoms with Gasteiger partial charge < -0.3 is 5.32 Å². The van der Waals surface area contributed by atoms with Crippen LogP contribution in [-0.2, 0) is 6.42 Å². The van der Waals surface area contributed by atoms with Crippen molar-refractivity contribution in [3.8, 4) is 0 Å². The van der Waals surface area contributed by atoms with Gasteiger partial charge >= 0.3 is 0 Å². The number of likely N-dealkylation sites (N-methyl/N-ethyl adjacent to an activating group) is 1. The van der Waals surface area contributed by atoms with E-state index in [9.17, 15) is 8.78 Å². The summed E-state index contributed by atoms with van der Waals surface area (Å²) in [7, 11) is 0. The molecule has 5 heteroatoms. The summed E-state index contributed by atoms with van der Waals surface area (Å²) in [5.74, 6) is -0.724. The van der Waals surface area contributed by atoms with E-state index in [1.54, 1.807) is 6.07 Å². The zero-order valence-corrected chi connectivity index (χ0v) is 13.0. The molecule has 2 aromatic rings. The van der Waals surface area contributed by atoms with Crippen molar-refractivity contribution in [2.75, 3.05) is 6.54 Å². The SMILES string of the molecule is CCNC(Cc1cc(F)ccc1Cl)c1ccc(F)cc1Cl. The lowest BCUT2D eigenvalue weighted by Gasteiger charge is -2.20. The van der Waals surface area contributed by atoms with Crippen LogP contribution in [0, 0.1) is 11.6 Å². The molecule has 2 rings (SSSR count). The van der Waals surface area contributed by atoms with Crippen molar-refractivity contribution >= 4 is 23.2 Å². The minimum Gasteiger partial charge on any atom is -0.310 e. The lowest BCUT2D eigenvalue weighted by atomic mass is 9.98. The van der Waals surface area contributed by atoms with Gasteiger partial charge in [-0.3, -0.25) is 0 Å². The maximum atomic E-state index is 13.4. The molecule has 0 bridgehead atoms. The molecular weight excluding hydrogens is 315 g/mol. The van der Waals surface area contributed by atoms with Crippen LogP contribution in [0.25, 0.3) is 0 Å². The Balaban J connectivity index is 2.32. The lowest BCUT2D eigenvalue weighted by molar-refractivity contribution is 0.544. The predicted octanol–water partition coefficient (Wildman–Crippen LogP) is 5.16. The Morgan fingerprint density at radius 3 is 2.33 bits per heavy atom. The highest BCUT2D eigenvalue weighted by molar-refractivity contribution is 6.31. The van der Waals surface area contributed by atoms with Gasteiger partial charge in [-0.2, -0.15) is 0 Å². The van der Waals surface area contributed by atoms with Gasteiger partial charge in [-0.15, -0.1) is 0 Å². The summed E-state index contributed by atoms with van der Waals surface area (Å²) in [6.45, 7) is 2.66. The van der Waals surface area contributed by atoms with Gasteiger partial charge in [0.2, 0.25) is 0 Å². The van der Waals surface area contributed by atoms with Crippen molar-refractivity contribution in [2.45, 2.75) is 19.4 Å². The van der Waals surface area contributed by atoms with Crippen LogP contribution in [0.5, 0.6) is 0 Å². The summed E-state index contributed by atoms with van der Waals surface area (Å²) in [6.07, 6.45) is 0.468. The molecular formula is C16H15Cl2F2N. The van der Waals surface area contributed by atoms with Gasteiger partial charge in [0, 0.05) is 16.1 Å². The summed E-state index contributed by atoms with van der Waals surface area (Å²) >= 11 is 12.2. The average molecular weight is 330 g/mol. The zero-order chi connectivity index (χ0) is 15.4. The summed E-state index contributed by atoms with van der Waals surface area (Å²) in [6, 6.07) is 8.36. The molecule has 1 atom stereocenters. The van der Waals surface area contributed by atoms with Gasteiger partial charge in [-0.05, 0) is 54.4 Å². The summed E-state index contributed by atoms with van der Waals surface area (Å²) in [4.78, 5) is 0. The Morgan fingerprint density at radius 2 is 1.67 bits per heavy atom. The van der Waals surface area contributed by atoms with Gasteiger partial charge in [0.15, 0.2) is 0 Å². The van der Waals surface area contributed by atoms with Crippen molar-refractivity contribution in [1.82, 2.24) is 5.32 Å². The number of hydrogen-bond acceptors (Lipinski definition) is 1. The topological polar surface area (TPSA) is 12.0 Å². The molecule has 0 amide bonds. The highest BCUT2D eigenvalue weighted by atomic mass is 35.5. The molecule has 0 fully saturated rings. The van der Waals surface area contributed by atoms with Gasteiger partial charge in [-0.25, -0.2) is 8.78 Å². The molecule has 0 saturated heterocycles. The molecule has 0 aliphatic heterocycles. The summed E-state index contributed by atoms with van der Waals surface area (Å²) < 4.78 is 26.5. The zero-order valence-electron chi connectivity index (χ0n) is 11.5. The van der Waals surface area contributed by atoms with Crippen molar-refractivity contribution in [3.05, 3.63) is 69.2 Å². The van der Waals surface area contributed by atoms with Crippen LogP contribution in [-0.4, -0.2) is 6.54 Å². The molecule has 2 aromatic carbocycles. The quantitative estimate of drug-likeness (QED) is 0.798. The van der Waals surface area contributed by atoms with E-state index in [0.717, 1.165) is 5.56 Å². The molecule has 0 aromatic heterocycles. The molecule has 0 heterocycles. The second-order valence-electron chi connectivity index (χ2n) is 4.72. The third kappa shape index (κ3) is 4.16. The first-order valence-electron chi connectivity index (χ1n) is 6.63. The van der Waals surface area contributed by atoms with E-state index in [-0.39, 0.29) is 17.7 Å². The molecule has 1 nitrogen and oxygen atoms in total. The van der Waals surface area contributed by atoms with Gasteiger partial charge in [-0.1, -0.05) is 36.2 Å². The predicted molar refractivity (Wildman–Crippen MR) is 82.9 cm³/mol. The first-order chi connectivity index (χ1) is 10.0. The normalized spacial score (nSPS) is 12.4. The van der Waals surface area contributed by atoms with E-state index in [2.05, 4.69) is 5.32 Å². The van der Waals surface area contributed by atoms with E-state index in [0.29, 0.717) is 28.6 Å². The second-order valence-corrected chi connectivity index (χ2v) is 5.53. The smallest absolute Gasteiger partial charge is 0.124 e. The Labute approximate surface area is 132 Å². The van der Waals surface area contributed by atoms with E-state index in [1.165, 1.54) is 30.3 Å². The minimum atomic E-state index is -0.386. The monoisotopic (exact) mass is 329 g/mol. The number of hydrogen-bond donors (Lipinski definition) is 1. The lowest BCUT2D eigenvalue weighted by Crippen LogP contribution is -2.23. The fraction of sp³-hybridized carbons (Fsp3) is 0.250. The van der Waals surface area contributed by atoms with Crippen molar-refractivity contribution in [1.29, 1.82) is 0 Å². The van der Waals surface area contributed by atoms with E-state index in [1.807, 2.05) is 6.92 Å². The molecule has 0 spiro atoms. The molecule has 0 radical (unpaired) electrons. The molecule has 112 valence electrons. The van der Waals surface area contributed by atoms with Crippen molar-refractivity contribution in [3.63, 3.8) is 0 Å². The van der Waals surface area contributed by atoms with Gasteiger partial charge in [0.1, 0.15) is 11.6 Å². The van der Waals surface area contributed by atoms with Crippen LogP contribution in [0.15, 0.2) is 36.4 Å². The maximum absolute atomic E-state index is 13.4. The number of nitrogens with one attached hydrogen (secondary N) is 1. The first-order valence-corrected chi connectivity index (χ1v) is 7.39. The Kier molecular flexibility index (Phi) is 5.57. The van der Waals surface area contributed by atoms with Crippen LogP contribution in [0.4, 0.5) is 8.78 Å². The third-order valence-corrected chi connectivity index (χ3v) is 3.92. The van der Waals surface area contributed by atoms with Crippen LogP contribution in [0.2, 0.25) is 10.0 Å². The highest BCUT2D eigenvalue weighted by Crippen LogP contribution is 2.29. The van der Waals surface area contributed by atoms with E-state index in [4.69, 9.17) is 23.2 Å². The molecule has 0 aliphatic carbocycles. The maximum Gasteiger partial charge on any atom is 0.124 e. The summed E-state index contributed by atoms with van der Waals surface area (Å²) in [5, 5.41) is 4.11. The second kappa shape index (κ2) is 7.21. The fourth-order valence-corrected chi connectivity index (χ4v) is 2.74. The average Bonchev–Trinajstić information content (AvgIpc) is 2.42. The Morgan fingerprint density at radius 1 is 1.00 bits per heavy atom. The van der Waals surface area contributed by atoms with Crippen molar-refractivity contribution in [2.24, 2.45) is 0 Å². The van der Waals surface area contributed by atoms with Gasteiger partial charge in [0.05, 0.1) is 0 Å².